The van der Waals surface area contributed by atoms with E-state index in [0.29, 0.717) is 0 Å². The third-order valence-corrected chi connectivity index (χ3v) is 10.4. The first kappa shape index (κ1) is 16.4. The van der Waals surface area contributed by atoms with Gasteiger partial charge in [0.15, 0.2) is 17.4 Å². The number of hydrogen-bond acceptors (Lipinski definition) is 2. The minimum absolute atomic E-state index is 0.00213. The summed E-state index contributed by atoms with van der Waals surface area (Å²) in [6.45, 7) is 19.7. The molecule has 0 saturated heterocycles. The molecule has 0 N–H and O–H groups in total. The summed E-state index contributed by atoms with van der Waals surface area (Å²) >= 11 is 0. The van der Waals surface area contributed by atoms with Crippen LogP contribution >= 0.6 is 0 Å². The maximum Gasteiger partial charge on any atom is 0.186 e. The fourth-order valence-electron chi connectivity index (χ4n) is 2.21. The summed E-state index contributed by atoms with van der Waals surface area (Å²) in [5.74, 6) is 0. The molecule has 98 valence electrons. The van der Waals surface area contributed by atoms with Crippen molar-refractivity contribution in [3.63, 3.8) is 0 Å². The SMILES string of the molecule is C[SiH](C[Si](C)(C)OC(C)(C)C)OC(C)(C)C. The highest BCUT2D eigenvalue weighted by Crippen LogP contribution is 2.23. The Morgan fingerprint density at radius 3 is 1.69 bits per heavy atom. The van der Waals surface area contributed by atoms with Crippen molar-refractivity contribution in [3.8, 4) is 0 Å². The second-order valence-electron chi connectivity index (χ2n) is 7.22. The molecule has 0 aromatic carbocycles. The number of hydrogen-bond donors (Lipinski definition) is 0. The summed E-state index contributed by atoms with van der Waals surface area (Å²) in [4.78, 5) is 0. The largest absolute Gasteiger partial charge is 0.416 e. The lowest BCUT2D eigenvalue weighted by Crippen LogP contribution is -2.44. The lowest BCUT2D eigenvalue weighted by molar-refractivity contribution is 0.116. The highest BCUT2D eigenvalue weighted by Gasteiger charge is 2.32. The first-order valence-corrected chi connectivity index (χ1v) is 11.7. The van der Waals surface area contributed by atoms with Crippen molar-refractivity contribution in [1.82, 2.24) is 0 Å². The van der Waals surface area contributed by atoms with E-state index in [-0.39, 0.29) is 11.2 Å². The molecule has 2 nitrogen and oxygen atoms in total. The van der Waals surface area contributed by atoms with Crippen LogP contribution in [0.25, 0.3) is 0 Å². The Bertz CT molecular complexity index is 214. The van der Waals surface area contributed by atoms with Crippen LogP contribution in [0.2, 0.25) is 25.3 Å². The van der Waals surface area contributed by atoms with Gasteiger partial charge in [-0.1, -0.05) is 0 Å². The minimum atomic E-state index is -1.56. The molecule has 0 radical (unpaired) electrons. The summed E-state index contributed by atoms with van der Waals surface area (Å²) in [6, 6.07) is 0. The second-order valence-corrected chi connectivity index (χ2v) is 14.4. The summed E-state index contributed by atoms with van der Waals surface area (Å²) < 4.78 is 12.3. The van der Waals surface area contributed by atoms with Gasteiger partial charge in [-0.05, 0) is 66.9 Å². The van der Waals surface area contributed by atoms with Gasteiger partial charge in [0.1, 0.15) is 0 Å². The molecule has 0 fully saturated rings. The Morgan fingerprint density at radius 1 is 0.938 bits per heavy atom. The molecule has 4 heteroatoms. The molecule has 0 amide bonds. The second kappa shape index (κ2) is 5.33. The lowest BCUT2D eigenvalue weighted by Gasteiger charge is -2.35. The zero-order valence-electron chi connectivity index (χ0n) is 12.6. The smallest absolute Gasteiger partial charge is 0.186 e. The first-order valence-electron chi connectivity index (χ1n) is 6.19. The van der Waals surface area contributed by atoms with Crippen LogP contribution in [0.15, 0.2) is 0 Å². The van der Waals surface area contributed by atoms with Crippen molar-refractivity contribution < 1.29 is 8.85 Å². The molecule has 1 atom stereocenters. The van der Waals surface area contributed by atoms with E-state index < -0.39 is 17.4 Å². The molecule has 0 bridgehead atoms. The molecule has 0 saturated carbocycles. The van der Waals surface area contributed by atoms with Gasteiger partial charge in [-0.15, -0.1) is 0 Å². The van der Waals surface area contributed by atoms with Crippen LogP contribution in [-0.4, -0.2) is 28.6 Å². The predicted octanol–water partition coefficient (Wildman–Crippen LogP) is 3.71. The molecule has 0 aliphatic rings. The number of rotatable bonds is 4. The van der Waals surface area contributed by atoms with Gasteiger partial charge in [-0.2, -0.15) is 0 Å². The van der Waals surface area contributed by atoms with Gasteiger partial charge in [0.2, 0.25) is 0 Å². The van der Waals surface area contributed by atoms with Crippen molar-refractivity contribution in [1.29, 1.82) is 0 Å². The Kier molecular flexibility index (Phi) is 5.45. The van der Waals surface area contributed by atoms with Gasteiger partial charge in [-0.3, -0.25) is 0 Å². The molecule has 0 aliphatic heterocycles. The highest BCUT2D eigenvalue weighted by atomic mass is 28.4. The van der Waals surface area contributed by atoms with Crippen LogP contribution in [0.4, 0.5) is 0 Å². The van der Waals surface area contributed by atoms with Crippen LogP contribution in [0, 0.1) is 0 Å². The van der Waals surface area contributed by atoms with E-state index in [0.717, 1.165) is 0 Å². The molecule has 16 heavy (non-hydrogen) atoms. The molecule has 0 spiro atoms. The Labute approximate surface area is 105 Å². The topological polar surface area (TPSA) is 18.5 Å². The maximum absolute atomic E-state index is 6.20. The van der Waals surface area contributed by atoms with Gasteiger partial charge in [0.05, 0.1) is 0 Å². The monoisotopic (exact) mass is 262 g/mol. The first-order chi connectivity index (χ1) is 6.81. The minimum Gasteiger partial charge on any atom is -0.416 e. The quantitative estimate of drug-likeness (QED) is 0.719. The standard InChI is InChI=1S/C12H30O2Si2/c1-11(2,3)13-15(7)10-16(8,9)14-12(4,5)6/h15H,10H2,1-9H3. The summed E-state index contributed by atoms with van der Waals surface area (Å²) in [5.41, 5.74) is 1.16. The summed E-state index contributed by atoms with van der Waals surface area (Å²) in [7, 11) is -2.67. The van der Waals surface area contributed by atoms with Crippen molar-refractivity contribution in [2.45, 2.75) is 78.1 Å². The average Bonchev–Trinajstić information content (AvgIpc) is 1.70. The van der Waals surface area contributed by atoms with E-state index in [1.165, 1.54) is 5.67 Å². The average molecular weight is 263 g/mol. The Balaban J connectivity index is 4.26. The van der Waals surface area contributed by atoms with Crippen LogP contribution in [0.3, 0.4) is 0 Å². The fourth-order valence-corrected chi connectivity index (χ4v) is 11.3. The van der Waals surface area contributed by atoms with Crippen LogP contribution < -0.4 is 0 Å². The zero-order valence-corrected chi connectivity index (χ0v) is 14.8. The van der Waals surface area contributed by atoms with Gasteiger partial charge in [-0.25, -0.2) is 0 Å². The van der Waals surface area contributed by atoms with E-state index in [4.69, 9.17) is 8.85 Å². The van der Waals surface area contributed by atoms with Crippen molar-refractivity contribution in [2.75, 3.05) is 0 Å². The van der Waals surface area contributed by atoms with Crippen molar-refractivity contribution in [2.24, 2.45) is 0 Å². The van der Waals surface area contributed by atoms with E-state index in [1.807, 2.05) is 0 Å². The van der Waals surface area contributed by atoms with Crippen molar-refractivity contribution in [3.05, 3.63) is 0 Å². The van der Waals surface area contributed by atoms with Crippen molar-refractivity contribution >= 4 is 17.4 Å². The van der Waals surface area contributed by atoms with Crippen LogP contribution in [0.1, 0.15) is 41.5 Å². The molecule has 1 unspecified atom stereocenters. The third-order valence-electron chi connectivity index (χ3n) is 1.92. The molecule has 0 aromatic rings. The van der Waals surface area contributed by atoms with Gasteiger partial charge < -0.3 is 8.85 Å². The molecule has 0 aliphatic carbocycles. The van der Waals surface area contributed by atoms with E-state index in [1.54, 1.807) is 0 Å². The maximum atomic E-state index is 6.20. The van der Waals surface area contributed by atoms with E-state index >= 15 is 0 Å². The highest BCUT2D eigenvalue weighted by molar-refractivity contribution is 6.82. The molecular weight excluding hydrogens is 232 g/mol. The summed E-state index contributed by atoms with van der Waals surface area (Å²) in [6.07, 6.45) is 0. The third kappa shape index (κ3) is 9.57. The van der Waals surface area contributed by atoms with E-state index in [9.17, 15) is 0 Å². The van der Waals surface area contributed by atoms with Gasteiger partial charge in [0.25, 0.3) is 0 Å². The normalized spacial score (nSPS) is 16.3. The van der Waals surface area contributed by atoms with Crippen LogP contribution in [-0.2, 0) is 8.85 Å². The van der Waals surface area contributed by atoms with E-state index in [2.05, 4.69) is 61.2 Å². The molecular formula is C12H30O2Si2. The predicted molar refractivity (Wildman–Crippen MR) is 77.0 cm³/mol. The van der Waals surface area contributed by atoms with Gasteiger partial charge in [0, 0.05) is 11.2 Å². The Hall–Kier alpha value is 0.354. The van der Waals surface area contributed by atoms with Crippen LogP contribution in [0.5, 0.6) is 0 Å². The fraction of sp³-hybridized carbons (Fsp3) is 1.00. The molecule has 0 aromatic heterocycles. The molecule has 0 heterocycles. The van der Waals surface area contributed by atoms with Gasteiger partial charge >= 0.3 is 0 Å². The zero-order chi connectivity index (χ0) is 13.2. The molecule has 0 rings (SSSR count). The summed E-state index contributed by atoms with van der Waals surface area (Å²) in [5, 5.41) is 0. The lowest BCUT2D eigenvalue weighted by atomic mass is 10.2. The Morgan fingerprint density at radius 2 is 1.38 bits per heavy atom.